The fraction of sp³-hybridized carbons (Fsp3) is 0.750. The number of carbonyl (C=O) groups is 1. The smallest absolute Gasteiger partial charge is 0.267 e. The van der Waals surface area contributed by atoms with Crippen molar-refractivity contribution in [3.63, 3.8) is 0 Å². The Bertz CT molecular complexity index is 401. The van der Waals surface area contributed by atoms with E-state index in [4.69, 9.17) is 0 Å². The molecule has 0 saturated carbocycles. The number of carbonyl (C=O) groups excluding carboxylic acids is 1. The summed E-state index contributed by atoms with van der Waals surface area (Å²) >= 11 is 1.22. The van der Waals surface area contributed by atoms with Crippen LogP contribution in [0.15, 0.2) is 0 Å². The van der Waals surface area contributed by atoms with Gasteiger partial charge in [-0.15, -0.1) is 5.10 Å². The van der Waals surface area contributed by atoms with Crippen molar-refractivity contribution >= 4 is 17.4 Å². The number of hydrogen-bond donors (Lipinski definition) is 1. The third-order valence-electron chi connectivity index (χ3n) is 3.41. The SMILES string of the molecule is CCCc1nnsc1C(=O)N(C)C1CCNCC1. The highest BCUT2D eigenvalue weighted by Gasteiger charge is 2.26. The molecular weight excluding hydrogens is 248 g/mol. The van der Waals surface area contributed by atoms with Crippen molar-refractivity contribution in [2.75, 3.05) is 20.1 Å². The lowest BCUT2D eigenvalue weighted by molar-refractivity contribution is 0.0707. The lowest BCUT2D eigenvalue weighted by Crippen LogP contribution is -2.43. The van der Waals surface area contributed by atoms with Crippen molar-refractivity contribution in [2.45, 2.75) is 38.6 Å². The van der Waals surface area contributed by atoms with Crippen LogP contribution in [0.25, 0.3) is 0 Å². The van der Waals surface area contributed by atoms with Crippen LogP contribution in [0.1, 0.15) is 41.6 Å². The number of aryl methyl sites for hydroxylation is 1. The van der Waals surface area contributed by atoms with Crippen LogP contribution in [0.5, 0.6) is 0 Å². The van der Waals surface area contributed by atoms with Gasteiger partial charge >= 0.3 is 0 Å². The molecule has 0 radical (unpaired) electrons. The predicted octanol–water partition coefficient (Wildman–Crippen LogP) is 1.31. The van der Waals surface area contributed by atoms with E-state index >= 15 is 0 Å². The number of piperidine rings is 1. The fourth-order valence-electron chi connectivity index (χ4n) is 2.29. The molecule has 1 saturated heterocycles. The van der Waals surface area contributed by atoms with Gasteiger partial charge in [0.15, 0.2) is 0 Å². The normalized spacial score (nSPS) is 16.8. The molecule has 1 aromatic heterocycles. The van der Waals surface area contributed by atoms with E-state index in [1.807, 2.05) is 11.9 Å². The zero-order valence-electron chi connectivity index (χ0n) is 11.0. The molecular formula is C12H20N4OS. The van der Waals surface area contributed by atoms with Crippen LogP contribution < -0.4 is 5.32 Å². The lowest BCUT2D eigenvalue weighted by atomic mass is 10.0. The highest BCUT2D eigenvalue weighted by Crippen LogP contribution is 2.18. The largest absolute Gasteiger partial charge is 0.338 e. The third-order valence-corrected chi connectivity index (χ3v) is 4.17. The van der Waals surface area contributed by atoms with Crippen LogP contribution in [-0.4, -0.2) is 46.6 Å². The first-order valence-electron chi connectivity index (χ1n) is 6.53. The molecule has 1 fully saturated rings. The van der Waals surface area contributed by atoms with Gasteiger partial charge in [0, 0.05) is 13.1 Å². The number of rotatable bonds is 4. The zero-order valence-corrected chi connectivity index (χ0v) is 11.8. The first-order valence-corrected chi connectivity index (χ1v) is 7.30. The number of nitrogens with one attached hydrogen (secondary N) is 1. The molecule has 0 unspecified atom stereocenters. The van der Waals surface area contributed by atoms with E-state index in [9.17, 15) is 4.79 Å². The summed E-state index contributed by atoms with van der Waals surface area (Å²) in [4.78, 5) is 15.0. The molecule has 1 N–H and O–H groups in total. The van der Waals surface area contributed by atoms with Gasteiger partial charge < -0.3 is 10.2 Å². The number of amides is 1. The minimum atomic E-state index is 0.0837. The number of aromatic nitrogens is 2. The van der Waals surface area contributed by atoms with Gasteiger partial charge in [-0.05, 0) is 43.9 Å². The van der Waals surface area contributed by atoms with Gasteiger partial charge in [0.05, 0.1) is 5.69 Å². The van der Waals surface area contributed by atoms with Crippen molar-refractivity contribution in [1.29, 1.82) is 0 Å². The van der Waals surface area contributed by atoms with Gasteiger partial charge in [-0.1, -0.05) is 17.8 Å². The zero-order chi connectivity index (χ0) is 13.0. The second-order valence-corrected chi connectivity index (χ2v) is 5.45. The molecule has 100 valence electrons. The molecule has 1 aliphatic heterocycles. The van der Waals surface area contributed by atoms with E-state index in [0.29, 0.717) is 6.04 Å². The highest BCUT2D eigenvalue weighted by molar-refractivity contribution is 7.08. The van der Waals surface area contributed by atoms with E-state index in [1.165, 1.54) is 11.5 Å². The van der Waals surface area contributed by atoms with E-state index in [1.54, 1.807) is 0 Å². The summed E-state index contributed by atoms with van der Waals surface area (Å²) in [6.45, 7) is 4.07. The van der Waals surface area contributed by atoms with Crippen LogP contribution in [0, 0.1) is 0 Å². The predicted molar refractivity (Wildman–Crippen MR) is 71.9 cm³/mol. The quantitative estimate of drug-likeness (QED) is 0.894. The second kappa shape index (κ2) is 6.24. The Morgan fingerprint density at radius 3 is 2.89 bits per heavy atom. The molecule has 18 heavy (non-hydrogen) atoms. The Labute approximate surface area is 112 Å². The van der Waals surface area contributed by atoms with Gasteiger partial charge in [0.1, 0.15) is 4.88 Å². The van der Waals surface area contributed by atoms with Crippen molar-refractivity contribution in [1.82, 2.24) is 19.8 Å². The molecule has 0 bridgehead atoms. The van der Waals surface area contributed by atoms with Crippen molar-refractivity contribution in [3.8, 4) is 0 Å². The minimum absolute atomic E-state index is 0.0837. The van der Waals surface area contributed by atoms with E-state index in [-0.39, 0.29) is 5.91 Å². The maximum Gasteiger partial charge on any atom is 0.267 e. The van der Waals surface area contributed by atoms with Gasteiger partial charge in [0.25, 0.3) is 5.91 Å². The molecule has 5 nitrogen and oxygen atoms in total. The summed E-state index contributed by atoms with van der Waals surface area (Å²) < 4.78 is 3.92. The molecule has 1 amide bonds. The Hall–Kier alpha value is -1.01. The average Bonchev–Trinajstić information content (AvgIpc) is 2.87. The van der Waals surface area contributed by atoms with Crippen LogP contribution >= 0.6 is 11.5 Å². The Balaban J connectivity index is 2.07. The Morgan fingerprint density at radius 2 is 2.22 bits per heavy atom. The van der Waals surface area contributed by atoms with Gasteiger partial charge in [-0.3, -0.25) is 4.79 Å². The van der Waals surface area contributed by atoms with Crippen LogP contribution in [0.4, 0.5) is 0 Å². The number of hydrogen-bond acceptors (Lipinski definition) is 5. The second-order valence-electron chi connectivity index (χ2n) is 4.70. The summed E-state index contributed by atoms with van der Waals surface area (Å²) in [5.74, 6) is 0.0837. The Morgan fingerprint density at radius 1 is 1.50 bits per heavy atom. The molecule has 0 spiro atoms. The van der Waals surface area contributed by atoms with E-state index in [0.717, 1.165) is 49.3 Å². The average molecular weight is 268 g/mol. The molecule has 6 heteroatoms. The summed E-state index contributed by atoms with van der Waals surface area (Å²) in [6, 6.07) is 0.343. The topological polar surface area (TPSA) is 58.1 Å². The van der Waals surface area contributed by atoms with Crippen LogP contribution in [0.3, 0.4) is 0 Å². The molecule has 1 aliphatic rings. The van der Waals surface area contributed by atoms with E-state index < -0.39 is 0 Å². The summed E-state index contributed by atoms with van der Waals surface area (Å²) in [5.41, 5.74) is 0.855. The molecule has 1 aromatic rings. The maximum absolute atomic E-state index is 12.4. The minimum Gasteiger partial charge on any atom is -0.338 e. The Kier molecular flexibility index (Phi) is 4.66. The van der Waals surface area contributed by atoms with Crippen molar-refractivity contribution in [3.05, 3.63) is 10.6 Å². The molecule has 0 aliphatic carbocycles. The molecule has 0 atom stereocenters. The van der Waals surface area contributed by atoms with Crippen molar-refractivity contribution in [2.24, 2.45) is 0 Å². The summed E-state index contributed by atoms with van der Waals surface area (Å²) in [5, 5.41) is 7.38. The lowest BCUT2D eigenvalue weighted by Gasteiger charge is -2.31. The van der Waals surface area contributed by atoms with Gasteiger partial charge in [-0.25, -0.2) is 0 Å². The number of nitrogens with zero attached hydrogens (tertiary/aromatic N) is 3. The van der Waals surface area contributed by atoms with Crippen LogP contribution in [0.2, 0.25) is 0 Å². The van der Waals surface area contributed by atoms with Gasteiger partial charge in [-0.2, -0.15) is 0 Å². The third kappa shape index (κ3) is 2.87. The van der Waals surface area contributed by atoms with E-state index in [2.05, 4.69) is 21.8 Å². The molecule has 0 aromatic carbocycles. The summed E-state index contributed by atoms with van der Waals surface area (Å²) in [7, 11) is 1.90. The first-order chi connectivity index (χ1) is 8.74. The maximum atomic E-state index is 12.4. The monoisotopic (exact) mass is 268 g/mol. The van der Waals surface area contributed by atoms with Crippen LogP contribution in [-0.2, 0) is 6.42 Å². The van der Waals surface area contributed by atoms with Gasteiger partial charge in [0.2, 0.25) is 0 Å². The first kappa shape index (κ1) is 13.4. The van der Waals surface area contributed by atoms with Crippen molar-refractivity contribution < 1.29 is 4.79 Å². The molecule has 2 rings (SSSR count). The standard InChI is InChI=1S/C12H20N4OS/c1-3-4-10-11(18-15-14-10)12(17)16(2)9-5-7-13-8-6-9/h9,13H,3-8H2,1-2H3. The summed E-state index contributed by atoms with van der Waals surface area (Å²) in [6.07, 6.45) is 3.87. The molecule has 2 heterocycles. The highest BCUT2D eigenvalue weighted by atomic mass is 32.1. The fourth-order valence-corrected chi connectivity index (χ4v) is 2.98.